The van der Waals surface area contributed by atoms with Gasteiger partial charge in [-0.2, -0.15) is 0 Å². The summed E-state index contributed by atoms with van der Waals surface area (Å²) in [6, 6.07) is 5.53. The quantitative estimate of drug-likeness (QED) is 0.788. The fourth-order valence-electron chi connectivity index (χ4n) is 2.94. The third-order valence-electron chi connectivity index (χ3n) is 4.15. The molecule has 108 valence electrons. The molecule has 1 aromatic carbocycles. The first-order valence-corrected chi connectivity index (χ1v) is 7.14. The van der Waals surface area contributed by atoms with E-state index in [0.29, 0.717) is 10.7 Å². The van der Waals surface area contributed by atoms with E-state index < -0.39 is 0 Å². The van der Waals surface area contributed by atoms with Crippen molar-refractivity contribution in [2.75, 3.05) is 7.11 Å². The summed E-state index contributed by atoms with van der Waals surface area (Å²) in [6.45, 7) is 0. The van der Waals surface area contributed by atoms with Crippen LogP contribution >= 0.6 is 11.6 Å². The maximum absolute atomic E-state index is 12.3. The van der Waals surface area contributed by atoms with Gasteiger partial charge in [-0.3, -0.25) is 9.55 Å². The van der Waals surface area contributed by atoms with Crippen molar-refractivity contribution < 1.29 is 4.74 Å². The molecule has 0 aliphatic heterocycles. The molecule has 1 saturated carbocycles. The number of benzene rings is 1. The number of aromatic nitrogens is 4. The van der Waals surface area contributed by atoms with Gasteiger partial charge in [-0.15, -0.1) is 10.2 Å². The van der Waals surface area contributed by atoms with Gasteiger partial charge in [0.15, 0.2) is 5.65 Å². The number of halogens is 1. The van der Waals surface area contributed by atoms with Gasteiger partial charge in [0, 0.05) is 23.6 Å². The maximum Gasteiger partial charge on any atom is 0.328 e. The lowest BCUT2D eigenvalue weighted by molar-refractivity contribution is 0.00653. The second-order valence-electron chi connectivity index (χ2n) is 5.34. The van der Waals surface area contributed by atoms with Crippen molar-refractivity contribution in [2.45, 2.75) is 25.0 Å². The summed E-state index contributed by atoms with van der Waals surface area (Å²) in [7, 11) is 1.69. The minimum Gasteiger partial charge on any atom is -0.381 e. The van der Waals surface area contributed by atoms with E-state index in [9.17, 15) is 4.79 Å². The van der Waals surface area contributed by atoms with Crippen LogP contribution in [0, 0.1) is 0 Å². The lowest BCUT2D eigenvalue weighted by Crippen LogP contribution is -2.36. The summed E-state index contributed by atoms with van der Waals surface area (Å²) in [6.07, 6.45) is 1.87. The van der Waals surface area contributed by atoms with Gasteiger partial charge in [0.1, 0.15) is 5.52 Å². The molecule has 0 saturated heterocycles. The van der Waals surface area contributed by atoms with Crippen molar-refractivity contribution in [1.82, 2.24) is 19.7 Å². The molecule has 0 amide bonds. The van der Waals surface area contributed by atoms with Crippen molar-refractivity contribution >= 4 is 33.7 Å². The Kier molecular flexibility index (Phi) is 2.77. The minimum absolute atomic E-state index is 0.127. The molecular weight excluding hydrogens is 292 g/mol. The van der Waals surface area contributed by atoms with Crippen LogP contribution in [-0.4, -0.2) is 33.0 Å². The molecule has 7 heteroatoms. The lowest BCUT2D eigenvalue weighted by Gasteiger charge is -2.34. The fourth-order valence-corrected chi connectivity index (χ4v) is 3.12. The first-order valence-electron chi connectivity index (χ1n) is 6.76. The molecule has 0 atom stereocenters. The summed E-state index contributed by atoms with van der Waals surface area (Å²) < 4.78 is 7.06. The Morgan fingerprint density at radius 2 is 2.19 bits per heavy atom. The molecule has 6 nitrogen and oxygen atoms in total. The van der Waals surface area contributed by atoms with E-state index in [-0.39, 0.29) is 17.8 Å². The molecule has 0 spiro atoms. The van der Waals surface area contributed by atoms with Crippen LogP contribution in [0.15, 0.2) is 23.0 Å². The van der Waals surface area contributed by atoms with Crippen LogP contribution in [0.3, 0.4) is 0 Å². The fraction of sp³-hybridized carbons (Fsp3) is 0.357. The predicted octanol–water partition coefficient (Wildman–Crippen LogP) is 2.28. The Labute approximate surface area is 124 Å². The molecule has 2 aromatic heterocycles. The second kappa shape index (κ2) is 4.54. The van der Waals surface area contributed by atoms with Crippen LogP contribution in [0.4, 0.5) is 0 Å². The third-order valence-corrected chi connectivity index (χ3v) is 4.38. The average molecular weight is 305 g/mol. The molecular formula is C14H13ClN4O2. The SMILES string of the molecule is CO[C@H]1C[C@H](n2c(=O)[nH]c3nnc4ccc(Cl)cc4c32)C1. The van der Waals surface area contributed by atoms with E-state index in [1.165, 1.54) is 0 Å². The zero-order valence-corrected chi connectivity index (χ0v) is 12.1. The van der Waals surface area contributed by atoms with E-state index in [1.807, 2.05) is 12.1 Å². The zero-order chi connectivity index (χ0) is 14.6. The van der Waals surface area contributed by atoms with Crippen LogP contribution in [-0.2, 0) is 4.74 Å². The molecule has 1 aliphatic carbocycles. The largest absolute Gasteiger partial charge is 0.381 e. The average Bonchev–Trinajstić information content (AvgIpc) is 2.75. The van der Waals surface area contributed by atoms with Crippen LogP contribution in [0.5, 0.6) is 0 Å². The number of nitrogens with one attached hydrogen (secondary N) is 1. The van der Waals surface area contributed by atoms with Crippen LogP contribution in [0.1, 0.15) is 18.9 Å². The highest BCUT2D eigenvalue weighted by atomic mass is 35.5. The van der Waals surface area contributed by atoms with Crippen LogP contribution in [0.25, 0.3) is 22.1 Å². The molecule has 0 bridgehead atoms. The standard InChI is InChI=1S/C14H13ClN4O2/c1-21-9-5-8(6-9)19-12-10-4-7(15)2-3-11(10)17-18-13(12)16-14(19)20/h2-4,8-9H,5-6H2,1H3,(H,16,18,20)/t8-,9-. The number of aromatic amines is 1. The topological polar surface area (TPSA) is 72.8 Å². The van der Waals surface area contributed by atoms with Crippen molar-refractivity contribution in [3.8, 4) is 0 Å². The number of methoxy groups -OCH3 is 1. The highest BCUT2D eigenvalue weighted by molar-refractivity contribution is 6.31. The summed E-state index contributed by atoms with van der Waals surface area (Å²) in [5, 5.41) is 9.67. The van der Waals surface area contributed by atoms with Gasteiger partial charge in [-0.05, 0) is 31.0 Å². The molecule has 4 rings (SSSR count). The van der Waals surface area contributed by atoms with Crippen LogP contribution < -0.4 is 5.69 Å². The van der Waals surface area contributed by atoms with E-state index >= 15 is 0 Å². The molecule has 0 unspecified atom stereocenters. The van der Waals surface area contributed by atoms with Gasteiger partial charge in [0.2, 0.25) is 0 Å². The Morgan fingerprint density at radius 1 is 1.38 bits per heavy atom. The molecule has 1 fully saturated rings. The number of hydrogen-bond acceptors (Lipinski definition) is 4. The molecule has 1 aliphatic rings. The van der Waals surface area contributed by atoms with Gasteiger partial charge in [-0.1, -0.05) is 11.6 Å². The molecule has 21 heavy (non-hydrogen) atoms. The smallest absolute Gasteiger partial charge is 0.328 e. The predicted molar refractivity (Wildman–Crippen MR) is 79.7 cm³/mol. The van der Waals surface area contributed by atoms with Crippen molar-refractivity contribution in [1.29, 1.82) is 0 Å². The van der Waals surface area contributed by atoms with E-state index in [0.717, 1.165) is 29.3 Å². The Hall–Kier alpha value is -1.92. The first-order chi connectivity index (χ1) is 10.2. The highest BCUT2D eigenvalue weighted by Gasteiger charge is 2.33. The number of rotatable bonds is 2. The molecule has 0 radical (unpaired) electrons. The number of H-pyrrole nitrogens is 1. The minimum atomic E-state index is -0.161. The molecule has 3 aromatic rings. The number of nitrogens with zero attached hydrogens (tertiary/aromatic N) is 3. The van der Waals surface area contributed by atoms with Gasteiger partial charge in [0.05, 0.1) is 11.6 Å². The number of ether oxygens (including phenoxy) is 1. The van der Waals surface area contributed by atoms with Crippen molar-refractivity contribution in [2.24, 2.45) is 0 Å². The third kappa shape index (κ3) is 1.86. The van der Waals surface area contributed by atoms with Gasteiger partial charge in [-0.25, -0.2) is 4.79 Å². The Balaban J connectivity index is 1.99. The van der Waals surface area contributed by atoms with E-state index in [4.69, 9.17) is 16.3 Å². The first kappa shape index (κ1) is 12.8. The number of imidazole rings is 1. The van der Waals surface area contributed by atoms with E-state index in [2.05, 4.69) is 15.2 Å². The normalized spacial score (nSPS) is 21.8. The Morgan fingerprint density at radius 3 is 2.95 bits per heavy atom. The van der Waals surface area contributed by atoms with Gasteiger partial charge >= 0.3 is 5.69 Å². The monoisotopic (exact) mass is 304 g/mol. The number of fused-ring (bicyclic) bond motifs is 3. The summed E-state index contributed by atoms with van der Waals surface area (Å²) >= 11 is 6.09. The molecule has 1 N–H and O–H groups in total. The highest BCUT2D eigenvalue weighted by Crippen LogP contribution is 2.36. The Bertz CT molecular complexity index is 895. The maximum atomic E-state index is 12.3. The summed E-state index contributed by atoms with van der Waals surface area (Å²) in [4.78, 5) is 15.0. The van der Waals surface area contributed by atoms with Crippen LogP contribution in [0.2, 0.25) is 5.02 Å². The lowest BCUT2D eigenvalue weighted by atomic mass is 9.89. The van der Waals surface area contributed by atoms with Crippen molar-refractivity contribution in [3.63, 3.8) is 0 Å². The number of hydrogen-bond donors (Lipinski definition) is 1. The summed E-state index contributed by atoms with van der Waals surface area (Å²) in [5.41, 5.74) is 1.83. The van der Waals surface area contributed by atoms with Gasteiger partial charge < -0.3 is 4.74 Å². The zero-order valence-electron chi connectivity index (χ0n) is 11.3. The summed E-state index contributed by atoms with van der Waals surface area (Å²) in [5.74, 6) is 0. The molecule has 2 heterocycles. The van der Waals surface area contributed by atoms with E-state index in [1.54, 1.807) is 17.7 Å². The van der Waals surface area contributed by atoms with Crippen molar-refractivity contribution in [3.05, 3.63) is 33.7 Å². The second-order valence-corrected chi connectivity index (χ2v) is 5.78. The van der Waals surface area contributed by atoms with Gasteiger partial charge in [0.25, 0.3) is 0 Å².